The summed E-state index contributed by atoms with van der Waals surface area (Å²) in [6, 6.07) is 7.45. The molecule has 0 N–H and O–H groups in total. The SMILES string of the molecule is COc1cc(OC)c(Cl)c(-c2ccc3nc(C)ncc3c2)c1Cl. The predicted octanol–water partition coefficient (Wildman–Crippen LogP) is 4.93. The number of hydrogen-bond acceptors (Lipinski definition) is 4. The molecule has 2 aromatic carbocycles. The summed E-state index contributed by atoms with van der Waals surface area (Å²) in [5.74, 6) is 1.73. The molecule has 0 radical (unpaired) electrons. The van der Waals surface area contributed by atoms with E-state index in [2.05, 4.69) is 9.97 Å². The molecule has 0 amide bonds. The Labute approximate surface area is 144 Å². The van der Waals surface area contributed by atoms with Crippen molar-refractivity contribution in [1.82, 2.24) is 9.97 Å². The first-order valence-corrected chi connectivity index (χ1v) is 7.64. The second-order valence-corrected chi connectivity index (χ2v) is 5.73. The zero-order valence-corrected chi connectivity index (χ0v) is 14.4. The number of methoxy groups -OCH3 is 2. The van der Waals surface area contributed by atoms with Gasteiger partial charge in [0.15, 0.2) is 0 Å². The second kappa shape index (κ2) is 6.22. The number of rotatable bonds is 3. The van der Waals surface area contributed by atoms with Crippen molar-refractivity contribution < 1.29 is 9.47 Å². The smallest absolute Gasteiger partial charge is 0.141 e. The van der Waals surface area contributed by atoms with Crippen LogP contribution in [0, 0.1) is 6.92 Å². The average molecular weight is 349 g/mol. The summed E-state index contributed by atoms with van der Waals surface area (Å²) in [7, 11) is 3.10. The van der Waals surface area contributed by atoms with Gasteiger partial charge in [0.2, 0.25) is 0 Å². The molecule has 4 nitrogen and oxygen atoms in total. The third kappa shape index (κ3) is 2.80. The van der Waals surface area contributed by atoms with Crippen LogP contribution in [-0.2, 0) is 0 Å². The first kappa shape index (κ1) is 15.8. The Balaban J connectivity index is 2.27. The molecule has 0 aliphatic rings. The van der Waals surface area contributed by atoms with Gasteiger partial charge < -0.3 is 9.47 Å². The van der Waals surface area contributed by atoms with Crippen LogP contribution >= 0.6 is 23.2 Å². The maximum Gasteiger partial charge on any atom is 0.141 e. The van der Waals surface area contributed by atoms with Gasteiger partial charge in [-0.15, -0.1) is 0 Å². The summed E-state index contributed by atoms with van der Waals surface area (Å²) in [6.45, 7) is 1.86. The first-order valence-electron chi connectivity index (χ1n) is 6.89. The zero-order valence-electron chi connectivity index (χ0n) is 12.9. The summed E-state index contributed by atoms with van der Waals surface area (Å²) in [4.78, 5) is 8.62. The number of hydrogen-bond donors (Lipinski definition) is 0. The third-order valence-corrected chi connectivity index (χ3v) is 4.31. The number of nitrogens with zero attached hydrogens (tertiary/aromatic N) is 2. The number of aryl methyl sites for hydroxylation is 1. The Bertz CT molecular complexity index is 869. The highest BCUT2D eigenvalue weighted by Gasteiger charge is 2.19. The van der Waals surface area contributed by atoms with E-state index in [-0.39, 0.29) is 0 Å². The largest absolute Gasteiger partial charge is 0.495 e. The van der Waals surface area contributed by atoms with Crippen molar-refractivity contribution in [2.45, 2.75) is 6.92 Å². The minimum Gasteiger partial charge on any atom is -0.495 e. The lowest BCUT2D eigenvalue weighted by Gasteiger charge is -2.15. The molecule has 0 aliphatic carbocycles. The summed E-state index contributed by atoms with van der Waals surface area (Å²) in [5, 5.41) is 1.78. The van der Waals surface area contributed by atoms with Crippen molar-refractivity contribution in [3.63, 3.8) is 0 Å². The highest BCUT2D eigenvalue weighted by atomic mass is 35.5. The fourth-order valence-electron chi connectivity index (χ4n) is 2.42. The topological polar surface area (TPSA) is 44.2 Å². The van der Waals surface area contributed by atoms with E-state index in [9.17, 15) is 0 Å². The van der Waals surface area contributed by atoms with Crippen LogP contribution in [0.5, 0.6) is 11.5 Å². The maximum absolute atomic E-state index is 6.46. The molecular formula is C17H14Cl2N2O2. The van der Waals surface area contributed by atoms with E-state index in [0.29, 0.717) is 27.1 Å². The standard InChI is InChI=1S/C17H14Cl2N2O2/c1-9-20-8-11-6-10(4-5-12(11)21-9)15-16(18)13(22-2)7-14(23-3)17(15)19/h4-8H,1-3H3. The molecule has 3 rings (SSSR count). The average Bonchev–Trinajstić information content (AvgIpc) is 2.55. The van der Waals surface area contributed by atoms with Gasteiger partial charge in [0.1, 0.15) is 17.3 Å². The van der Waals surface area contributed by atoms with E-state index < -0.39 is 0 Å². The van der Waals surface area contributed by atoms with Crippen molar-refractivity contribution >= 4 is 34.1 Å². The van der Waals surface area contributed by atoms with Gasteiger partial charge in [0.05, 0.1) is 29.8 Å². The van der Waals surface area contributed by atoms with Gasteiger partial charge in [-0.3, -0.25) is 0 Å². The molecule has 0 saturated heterocycles. The lowest BCUT2D eigenvalue weighted by atomic mass is 10.0. The molecule has 1 heterocycles. The van der Waals surface area contributed by atoms with Crippen molar-refractivity contribution in [2.24, 2.45) is 0 Å². The summed E-state index contributed by atoms with van der Waals surface area (Å²) >= 11 is 12.9. The van der Waals surface area contributed by atoms with Crippen molar-refractivity contribution in [3.8, 4) is 22.6 Å². The zero-order chi connectivity index (χ0) is 16.6. The Morgan fingerprint density at radius 1 is 0.957 bits per heavy atom. The lowest BCUT2D eigenvalue weighted by Crippen LogP contribution is -1.94. The van der Waals surface area contributed by atoms with E-state index in [0.717, 1.165) is 22.3 Å². The first-order chi connectivity index (χ1) is 11.0. The molecule has 3 aromatic rings. The van der Waals surface area contributed by atoms with Gasteiger partial charge in [0, 0.05) is 23.2 Å². The Hall–Kier alpha value is -2.04. The molecule has 0 bridgehead atoms. The highest BCUT2D eigenvalue weighted by Crippen LogP contribution is 2.46. The van der Waals surface area contributed by atoms with Gasteiger partial charge in [-0.2, -0.15) is 0 Å². The molecular weight excluding hydrogens is 335 g/mol. The number of fused-ring (bicyclic) bond motifs is 1. The van der Waals surface area contributed by atoms with Crippen LogP contribution in [0.25, 0.3) is 22.0 Å². The molecule has 6 heteroatoms. The lowest BCUT2D eigenvalue weighted by molar-refractivity contribution is 0.395. The van der Waals surface area contributed by atoms with E-state index in [1.54, 1.807) is 26.5 Å². The summed E-state index contributed by atoms with van der Waals surface area (Å²) in [5.41, 5.74) is 2.37. The van der Waals surface area contributed by atoms with E-state index in [1.165, 1.54) is 0 Å². The third-order valence-electron chi connectivity index (χ3n) is 3.56. The van der Waals surface area contributed by atoms with Crippen LogP contribution in [0.1, 0.15) is 5.82 Å². The Morgan fingerprint density at radius 2 is 1.61 bits per heavy atom. The molecule has 0 fully saturated rings. The second-order valence-electron chi connectivity index (χ2n) is 4.97. The minimum absolute atomic E-state index is 0.436. The van der Waals surface area contributed by atoms with E-state index in [1.807, 2.05) is 25.1 Å². The quantitative estimate of drug-likeness (QED) is 0.673. The van der Waals surface area contributed by atoms with Crippen LogP contribution in [0.2, 0.25) is 10.0 Å². The number of aromatic nitrogens is 2. The predicted molar refractivity (Wildman–Crippen MR) is 92.8 cm³/mol. The van der Waals surface area contributed by atoms with Gasteiger partial charge in [-0.05, 0) is 24.6 Å². The van der Waals surface area contributed by atoms with Crippen LogP contribution in [0.3, 0.4) is 0 Å². The molecule has 0 spiro atoms. The molecule has 0 unspecified atom stereocenters. The van der Waals surface area contributed by atoms with Gasteiger partial charge in [-0.1, -0.05) is 29.3 Å². The number of benzene rings is 2. The van der Waals surface area contributed by atoms with Gasteiger partial charge in [-0.25, -0.2) is 9.97 Å². The molecule has 0 aliphatic heterocycles. The summed E-state index contributed by atoms with van der Waals surface area (Å²) in [6.07, 6.45) is 1.78. The van der Waals surface area contributed by atoms with Crippen molar-refractivity contribution in [2.75, 3.05) is 14.2 Å². The van der Waals surface area contributed by atoms with E-state index in [4.69, 9.17) is 32.7 Å². The van der Waals surface area contributed by atoms with E-state index >= 15 is 0 Å². The fourth-order valence-corrected chi connectivity index (χ4v) is 3.14. The van der Waals surface area contributed by atoms with Gasteiger partial charge in [0.25, 0.3) is 0 Å². The molecule has 0 atom stereocenters. The monoisotopic (exact) mass is 348 g/mol. The molecule has 0 saturated carbocycles. The maximum atomic E-state index is 6.46. The fraction of sp³-hybridized carbons (Fsp3) is 0.176. The highest BCUT2D eigenvalue weighted by molar-refractivity contribution is 6.41. The molecule has 23 heavy (non-hydrogen) atoms. The number of ether oxygens (including phenoxy) is 2. The molecule has 118 valence electrons. The van der Waals surface area contributed by atoms with Gasteiger partial charge >= 0.3 is 0 Å². The Kier molecular flexibility index (Phi) is 4.28. The van der Waals surface area contributed by atoms with Crippen molar-refractivity contribution in [1.29, 1.82) is 0 Å². The van der Waals surface area contributed by atoms with Crippen molar-refractivity contribution in [3.05, 3.63) is 46.3 Å². The van der Waals surface area contributed by atoms with Crippen LogP contribution < -0.4 is 9.47 Å². The normalized spacial score (nSPS) is 10.8. The Morgan fingerprint density at radius 3 is 2.22 bits per heavy atom. The minimum atomic E-state index is 0.436. The molecule has 1 aromatic heterocycles. The van der Waals surface area contributed by atoms with Crippen LogP contribution in [0.4, 0.5) is 0 Å². The van der Waals surface area contributed by atoms with Crippen LogP contribution in [0.15, 0.2) is 30.5 Å². The van der Waals surface area contributed by atoms with Crippen LogP contribution in [-0.4, -0.2) is 24.2 Å². The summed E-state index contributed by atoms with van der Waals surface area (Å²) < 4.78 is 10.6. The number of halogens is 2.